The maximum absolute atomic E-state index is 9.86. The van der Waals surface area contributed by atoms with Crippen molar-refractivity contribution in [3.63, 3.8) is 0 Å². The molecule has 76 valence electrons. The van der Waals surface area contributed by atoms with Crippen LogP contribution in [0.15, 0.2) is 30.3 Å². The second-order valence-corrected chi connectivity index (χ2v) is 2.25. The Labute approximate surface area is 80.3 Å². The van der Waals surface area contributed by atoms with E-state index >= 15 is 0 Å². The van der Waals surface area contributed by atoms with Crippen LogP contribution in [0.2, 0.25) is 0 Å². The fourth-order valence-electron chi connectivity index (χ4n) is 0.618. The van der Waals surface area contributed by atoms with Gasteiger partial charge in [-0.2, -0.15) is 0 Å². The molecule has 0 aliphatic carbocycles. The lowest BCUT2D eigenvalue weighted by molar-refractivity contribution is -0.445. The number of hydrogen-bond acceptors (Lipinski definition) is 3. The van der Waals surface area contributed by atoms with Crippen LogP contribution in [0.25, 0.3) is 0 Å². The molecule has 2 N–H and O–H groups in total. The molecule has 0 bridgehead atoms. The van der Waals surface area contributed by atoms with Crippen LogP contribution in [0.1, 0.15) is 6.92 Å². The van der Waals surface area contributed by atoms with Gasteiger partial charge >= 0.3 is 0 Å². The summed E-state index contributed by atoms with van der Waals surface area (Å²) in [5.41, 5.74) is 2.52. The van der Waals surface area contributed by atoms with Gasteiger partial charge in [0.2, 0.25) is 0 Å². The molecule has 0 amide bonds. The van der Waals surface area contributed by atoms with Crippen LogP contribution in [0.3, 0.4) is 0 Å². The van der Waals surface area contributed by atoms with Crippen molar-refractivity contribution in [2.75, 3.05) is 5.43 Å². The number of carboxylic acids is 1. The fraction of sp³-hybridized carbons (Fsp3) is 0.125. The molecular weight excluding hydrogens is 188 g/mol. The van der Waals surface area contributed by atoms with Crippen LogP contribution in [0, 0.1) is 10.1 Å². The van der Waals surface area contributed by atoms with E-state index in [2.05, 4.69) is 0 Å². The van der Waals surface area contributed by atoms with Crippen LogP contribution in [-0.2, 0) is 4.79 Å². The highest BCUT2D eigenvalue weighted by atomic mass is 16.7. The molecule has 0 aliphatic heterocycles. The lowest BCUT2D eigenvalue weighted by Gasteiger charge is -1.93. The molecule has 14 heavy (non-hydrogen) atoms. The Morgan fingerprint density at radius 3 is 2.21 bits per heavy atom. The highest BCUT2D eigenvalue weighted by Crippen LogP contribution is 2.03. The molecular formula is C8H10N2O4. The number of benzene rings is 1. The number of carbonyl (C=O) groups is 1. The van der Waals surface area contributed by atoms with Crippen LogP contribution in [0.4, 0.5) is 5.69 Å². The zero-order valence-corrected chi connectivity index (χ0v) is 7.51. The monoisotopic (exact) mass is 198 g/mol. The van der Waals surface area contributed by atoms with Gasteiger partial charge in [0.1, 0.15) is 5.69 Å². The predicted octanol–water partition coefficient (Wildman–Crippen LogP) is 1.38. The van der Waals surface area contributed by atoms with Gasteiger partial charge in [-0.1, -0.05) is 18.2 Å². The molecule has 0 spiro atoms. The Balaban J connectivity index is 0.000000364. The SMILES string of the molecule is CC(=O)O.O=[N+]([O-])Nc1ccccc1. The average molecular weight is 198 g/mol. The van der Waals surface area contributed by atoms with Crippen LogP contribution >= 0.6 is 0 Å². The van der Waals surface area contributed by atoms with E-state index in [-0.39, 0.29) is 0 Å². The number of hydrazine groups is 1. The quantitative estimate of drug-likeness (QED) is 0.553. The van der Waals surface area contributed by atoms with Crippen molar-refractivity contribution in [3.05, 3.63) is 40.4 Å². The highest BCUT2D eigenvalue weighted by molar-refractivity contribution is 5.62. The predicted molar refractivity (Wildman–Crippen MR) is 50.4 cm³/mol. The molecule has 6 heteroatoms. The zero-order chi connectivity index (χ0) is 11.0. The largest absolute Gasteiger partial charge is 0.481 e. The lowest BCUT2D eigenvalue weighted by atomic mass is 10.3. The van der Waals surface area contributed by atoms with E-state index < -0.39 is 11.0 Å². The first-order valence-electron chi connectivity index (χ1n) is 3.68. The number of nitrogens with one attached hydrogen (secondary N) is 1. The number of para-hydroxylation sites is 1. The summed E-state index contributed by atoms with van der Waals surface area (Å²) in [7, 11) is 0. The lowest BCUT2D eigenvalue weighted by Crippen LogP contribution is -2.06. The van der Waals surface area contributed by atoms with E-state index in [0.29, 0.717) is 5.69 Å². The Kier molecular flexibility index (Phi) is 5.44. The summed E-state index contributed by atoms with van der Waals surface area (Å²) >= 11 is 0. The Bertz CT molecular complexity index is 295. The maximum Gasteiger partial charge on any atom is 0.300 e. The van der Waals surface area contributed by atoms with Gasteiger partial charge in [0.05, 0.1) is 0 Å². The van der Waals surface area contributed by atoms with Crippen molar-refractivity contribution < 1.29 is 14.9 Å². The smallest absolute Gasteiger partial charge is 0.300 e. The standard InChI is InChI=1S/C6H6N2O2.C2H4O2/c9-8(10)7-6-4-2-1-3-5-6;1-2(3)4/h1-5,7H;1H3,(H,3,4). The molecule has 1 rings (SSSR count). The van der Waals surface area contributed by atoms with Crippen molar-refractivity contribution in [2.24, 2.45) is 0 Å². The second kappa shape index (κ2) is 6.41. The number of nitrogens with zero attached hydrogens (tertiary/aromatic N) is 1. The van der Waals surface area contributed by atoms with Gasteiger partial charge in [-0.05, 0) is 12.1 Å². The molecule has 1 aromatic carbocycles. The Morgan fingerprint density at radius 2 is 1.86 bits per heavy atom. The van der Waals surface area contributed by atoms with Crippen LogP contribution in [-0.4, -0.2) is 16.1 Å². The number of carboxylic acid groups (broad SMARTS) is 1. The third kappa shape index (κ3) is 7.99. The van der Waals surface area contributed by atoms with Gasteiger partial charge < -0.3 is 5.11 Å². The van der Waals surface area contributed by atoms with E-state index in [1.807, 2.05) is 5.43 Å². The van der Waals surface area contributed by atoms with E-state index in [1.54, 1.807) is 30.3 Å². The number of nitro groups is 1. The normalized spacial score (nSPS) is 8.07. The summed E-state index contributed by atoms with van der Waals surface area (Å²) < 4.78 is 0. The fourth-order valence-corrected chi connectivity index (χ4v) is 0.618. The second-order valence-electron chi connectivity index (χ2n) is 2.25. The van der Waals surface area contributed by atoms with Crippen molar-refractivity contribution in [2.45, 2.75) is 6.92 Å². The summed E-state index contributed by atoms with van der Waals surface area (Å²) in [4.78, 5) is 18.9. The first-order valence-corrected chi connectivity index (χ1v) is 3.68. The summed E-state index contributed by atoms with van der Waals surface area (Å²) in [6, 6.07) is 8.51. The van der Waals surface area contributed by atoms with Crippen molar-refractivity contribution in [3.8, 4) is 0 Å². The average Bonchev–Trinajstić information content (AvgIpc) is 2.03. The molecule has 1 aromatic rings. The van der Waals surface area contributed by atoms with Crippen molar-refractivity contribution >= 4 is 11.7 Å². The van der Waals surface area contributed by atoms with Crippen LogP contribution in [0.5, 0.6) is 0 Å². The molecule has 6 nitrogen and oxygen atoms in total. The topological polar surface area (TPSA) is 92.5 Å². The summed E-state index contributed by atoms with van der Waals surface area (Å²) in [6.45, 7) is 1.08. The van der Waals surface area contributed by atoms with E-state index in [9.17, 15) is 10.1 Å². The molecule has 0 atom stereocenters. The van der Waals surface area contributed by atoms with Crippen LogP contribution < -0.4 is 5.43 Å². The van der Waals surface area contributed by atoms with Gasteiger partial charge in [-0.25, -0.2) is 10.1 Å². The molecule has 0 aliphatic rings. The minimum atomic E-state index is -0.833. The van der Waals surface area contributed by atoms with E-state index in [0.717, 1.165) is 6.92 Å². The molecule has 0 heterocycles. The van der Waals surface area contributed by atoms with Gasteiger partial charge in [0, 0.05) is 6.92 Å². The summed E-state index contributed by atoms with van der Waals surface area (Å²) in [6.07, 6.45) is 0. The van der Waals surface area contributed by atoms with Gasteiger partial charge in [-0.3, -0.25) is 4.79 Å². The molecule has 0 saturated heterocycles. The number of hydrogen-bond donors (Lipinski definition) is 2. The number of aliphatic carboxylic acids is 1. The summed E-state index contributed by atoms with van der Waals surface area (Å²) in [5, 5.41) is 16.7. The van der Waals surface area contributed by atoms with Crippen molar-refractivity contribution in [1.82, 2.24) is 0 Å². The number of rotatable bonds is 2. The third-order valence-electron chi connectivity index (χ3n) is 0.994. The Morgan fingerprint density at radius 1 is 1.43 bits per heavy atom. The minimum Gasteiger partial charge on any atom is -0.481 e. The third-order valence-corrected chi connectivity index (χ3v) is 0.994. The molecule has 0 unspecified atom stereocenters. The maximum atomic E-state index is 9.86. The van der Waals surface area contributed by atoms with Crippen molar-refractivity contribution in [1.29, 1.82) is 0 Å². The molecule has 0 fully saturated rings. The first-order chi connectivity index (χ1) is 6.52. The van der Waals surface area contributed by atoms with Gasteiger partial charge in [-0.15, -0.1) is 5.43 Å². The zero-order valence-electron chi connectivity index (χ0n) is 7.51. The molecule has 0 aromatic heterocycles. The number of anilines is 1. The Hall–Kier alpha value is -2.11. The first kappa shape index (κ1) is 11.9. The minimum absolute atomic E-state index is 0.493. The van der Waals surface area contributed by atoms with Gasteiger partial charge in [0.25, 0.3) is 5.97 Å². The molecule has 0 saturated carbocycles. The molecule has 0 radical (unpaired) electrons. The van der Waals surface area contributed by atoms with Gasteiger partial charge in [0.15, 0.2) is 5.03 Å². The summed E-state index contributed by atoms with van der Waals surface area (Å²) in [5.74, 6) is -0.833. The van der Waals surface area contributed by atoms with E-state index in [4.69, 9.17) is 9.90 Å². The highest BCUT2D eigenvalue weighted by Gasteiger charge is 1.93. The van der Waals surface area contributed by atoms with E-state index in [1.165, 1.54) is 0 Å².